The molecule has 0 aliphatic rings. The van der Waals surface area contributed by atoms with Crippen molar-refractivity contribution in [3.05, 3.63) is 0 Å². The van der Waals surface area contributed by atoms with E-state index in [0.717, 1.165) is 0 Å². The van der Waals surface area contributed by atoms with Crippen LogP contribution in [0.5, 0.6) is 0 Å². The standard InChI is InChI=1S/C14H29.Al.H2O4S/c1-3-5-7-9-11-13-14-12-10-8-6-4-2;;1-5(2,3)4/h1,3-14H2,2H3;;(H2,1,2,3,4)/q;+2;/p-2. The summed E-state index contributed by atoms with van der Waals surface area (Å²) in [5.74, 6) is 0. The maximum Gasteiger partial charge on any atom is 0.0311 e. The van der Waals surface area contributed by atoms with E-state index in [2.05, 4.69) is 23.2 Å². The van der Waals surface area contributed by atoms with Gasteiger partial charge in [0.15, 0.2) is 0 Å². The first-order valence-electron chi connectivity index (χ1n) is 7.78. The third-order valence-electron chi connectivity index (χ3n) is 3.06. The monoisotopic (exact) mass is 320 g/mol. The summed E-state index contributed by atoms with van der Waals surface area (Å²) in [7, 11) is -5.17. The van der Waals surface area contributed by atoms with Gasteiger partial charge in [-0.3, -0.25) is 8.42 Å². The minimum atomic E-state index is -5.17. The molecular weight excluding hydrogens is 291 g/mol. The molecule has 0 radical (unpaired) electrons. The predicted octanol–water partition coefficient (Wildman–Crippen LogP) is 3.94. The van der Waals surface area contributed by atoms with Gasteiger partial charge in [-0.05, 0) is 0 Å². The Hall–Kier alpha value is 0.402. The summed E-state index contributed by atoms with van der Waals surface area (Å²) in [4.78, 5) is 0. The van der Waals surface area contributed by atoms with Crippen molar-refractivity contribution in [3.63, 3.8) is 0 Å². The van der Waals surface area contributed by atoms with Gasteiger partial charge in [0.1, 0.15) is 0 Å². The number of unbranched alkanes of at least 4 members (excludes halogenated alkanes) is 11. The molecule has 0 aliphatic carbocycles. The van der Waals surface area contributed by atoms with Crippen LogP contribution in [0.15, 0.2) is 0 Å². The van der Waals surface area contributed by atoms with Crippen molar-refractivity contribution >= 4 is 26.7 Å². The molecule has 0 saturated heterocycles. The topological polar surface area (TPSA) is 80.3 Å². The fourth-order valence-corrected chi connectivity index (χ4v) is 2.27. The Morgan fingerprint density at radius 2 is 0.950 bits per heavy atom. The van der Waals surface area contributed by atoms with Gasteiger partial charge in [0, 0.05) is 10.4 Å². The van der Waals surface area contributed by atoms with Crippen molar-refractivity contribution in [2.24, 2.45) is 0 Å². The second-order valence-electron chi connectivity index (χ2n) is 5.09. The van der Waals surface area contributed by atoms with Crippen LogP contribution in [0.4, 0.5) is 0 Å². The Morgan fingerprint density at radius 1 is 0.700 bits per heavy atom. The molecule has 0 aromatic rings. The second-order valence-corrected chi connectivity index (χ2v) is 6.48. The molecule has 0 unspecified atom stereocenters. The summed E-state index contributed by atoms with van der Waals surface area (Å²) in [5, 5.41) is 1.29. The zero-order valence-corrected chi connectivity index (χ0v) is 14.8. The van der Waals surface area contributed by atoms with Crippen molar-refractivity contribution in [2.45, 2.75) is 89.3 Å². The van der Waals surface area contributed by atoms with E-state index in [-0.39, 0.29) is 0 Å². The molecule has 0 saturated carbocycles. The third-order valence-corrected chi connectivity index (χ3v) is 3.47. The fourth-order valence-electron chi connectivity index (χ4n) is 1.99. The van der Waals surface area contributed by atoms with Crippen LogP contribution in [0.3, 0.4) is 0 Å². The fraction of sp³-hybridized carbons (Fsp3) is 1.00. The molecule has 4 nitrogen and oxygen atoms in total. The Bertz CT molecular complexity index is 248. The van der Waals surface area contributed by atoms with Gasteiger partial charge in [-0.1, -0.05) is 13.3 Å². The van der Waals surface area contributed by atoms with E-state index in [1.807, 2.05) is 0 Å². The van der Waals surface area contributed by atoms with Crippen molar-refractivity contribution in [1.82, 2.24) is 0 Å². The smallest absolute Gasteiger partial charge is 0.0311 e. The largest absolute Gasteiger partial charge is 0.759 e. The summed E-state index contributed by atoms with van der Waals surface area (Å²) >= 11 is 2.81. The van der Waals surface area contributed by atoms with Gasteiger partial charge in [0.25, 0.3) is 0 Å². The Balaban J connectivity index is 0. The second kappa shape index (κ2) is 17.5. The van der Waals surface area contributed by atoms with Crippen molar-refractivity contribution in [1.29, 1.82) is 0 Å². The molecule has 6 heteroatoms. The summed E-state index contributed by atoms with van der Waals surface area (Å²) < 4.78 is 34.1. The Labute approximate surface area is 133 Å². The van der Waals surface area contributed by atoms with Gasteiger partial charge in [-0.2, -0.15) is 0 Å². The van der Waals surface area contributed by atoms with Crippen molar-refractivity contribution in [2.75, 3.05) is 0 Å². The molecule has 0 amide bonds. The zero-order chi connectivity index (χ0) is 15.7. The minimum absolute atomic E-state index is 1.29. The molecule has 0 aromatic carbocycles. The summed E-state index contributed by atoms with van der Waals surface area (Å²) in [6, 6.07) is 0. The van der Waals surface area contributed by atoms with E-state index in [4.69, 9.17) is 17.5 Å². The maximum atomic E-state index is 8.52. The van der Waals surface area contributed by atoms with E-state index >= 15 is 0 Å². The normalized spacial score (nSPS) is 11.1. The first kappa shape index (κ1) is 22.7. The number of hydrogen-bond donors (Lipinski definition) is 0. The predicted molar refractivity (Wildman–Crippen MR) is 82.1 cm³/mol. The van der Waals surface area contributed by atoms with Crippen molar-refractivity contribution in [3.8, 4) is 0 Å². The SMILES string of the molecule is CCCCCCCCCCCCC[CH2][Al+2].O=S(=O)([O-])[O-]. The van der Waals surface area contributed by atoms with Gasteiger partial charge in [-0.25, -0.2) is 0 Å². The van der Waals surface area contributed by atoms with Crippen LogP contribution in [0.2, 0.25) is 5.28 Å². The van der Waals surface area contributed by atoms with Gasteiger partial charge in [0.2, 0.25) is 0 Å². The van der Waals surface area contributed by atoms with Gasteiger partial charge in [0.05, 0.1) is 0 Å². The third kappa shape index (κ3) is 36.2. The molecule has 0 bridgehead atoms. The number of hydrogen-bond acceptors (Lipinski definition) is 4. The van der Waals surface area contributed by atoms with Crippen LogP contribution in [0, 0.1) is 0 Å². The van der Waals surface area contributed by atoms with Crippen LogP contribution < -0.4 is 0 Å². The molecule has 0 aliphatic heterocycles. The summed E-state index contributed by atoms with van der Waals surface area (Å²) in [6.07, 6.45) is 17.4. The molecule has 20 heavy (non-hydrogen) atoms. The molecule has 0 aromatic heterocycles. The Morgan fingerprint density at radius 3 is 1.20 bits per heavy atom. The molecule has 0 rings (SSSR count). The zero-order valence-electron chi connectivity index (χ0n) is 12.8. The summed E-state index contributed by atoms with van der Waals surface area (Å²) in [6.45, 7) is 2.29. The van der Waals surface area contributed by atoms with Crippen molar-refractivity contribution < 1.29 is 17.5 Å². The molecular formula is C14H29AlO4S. The van der Waals surface area contributed by atoms with Gasteiger partial charge >= 0.3 is 92.2 Å². The van der Waals surface area contributed by atoms with Crippen LogP contribution in [-0.2, 0) is 10.4 Å². The minimum Gasteiger partial charge on any atom is -0.759 e. The number of rotatable bonds is 12. The van der Waals surface area contributed by atoms with Gasteiger partial charge in [-0.15, -0.1) is 0 Å². The van der Waals surface area contributed by atoms with E-state index in [1.54, 1.807) is 0 Å². The first-order valence-corrected chi connectivity index (χ1v) is 9.93. The first-order chi connectivity index (χ1) is 9.41. The van der Waals surface area contributed by atoms with Crippen LogP contribution >= 0.6 is 0 Å². The van der Waals surface area contributed by atoms with Crippen LogP contribution in [0.25, 0.3) is 0 Å². The van der Waals surface area contributed by atoms with Crippen LogP contribution in [-0.4, -0.2) is 33.8 Å². The molecule has 0 fully saturated rings. The molecule has 0 N–H and O–H groups in total. The average molecular weight is 320 g/mol. The maximum absolute atomic E-state index is 8.52. The molecule has 0 spiro atoms. The summed E-state index contributed by atoms with van der Waals surface area (Å²) in [5.41, 5.74) is 0. The quantitative estimate of drug-likeness (QED) is 0.236. The molecule has 0 heterocycles. The van der Waals surface area contributed by atoms with E-state index in [0.29, 0.717) is 0 Å². The molecule has 118 valence electrons. The van der Waals surface area contributed by atoms with Crippen LogP contribution in [0.1, 0.15) is 84.0 Å². The molecule has 0 atom stereocenters. The van der Waals surface area contributed by atoms with E-state index < -0.39 is 10.4 Å². The Kier molecular flexibility index (Phi) is 19.8. The van der Waals surface area contributed by atoms with Gasteiger partial charge < -0.3 is 9.11 Å². The average Bonchev–Trinajstić information content (AvgIpc) is 2.34. The van der Waals surface area contributed by atoms with E-state index in [9.17, 15) is 0 Å². The van der Waals surface area contributed by atoms with E-state index in [1.165, 1.54) is 82.3 Å².